The second kappa shape index (κ2) is 7.66. The van der Waals surface area contributed by atoms with Crippen molar-refractivity contribution in [3.05, 3.63) is 17.5 Å². The summed E-state index contributed by atoms with van der Waals surface area (Å²) >= 11 is 1.19. The number of esters is 1. The van der Waals surface area contributed by atoms with Crippen LogP contribution in [0, 0.1) is 11.3 Å². The van der Waals surface area contributed by atoms with Crippen LogP contribution in [0.25, 0.3) is 0 Å². The van der Waals surface area contributed by atoms with Crippen molar-refractivity contribution in [1.29, 1.82) is 0 Å². The summed E-state index contributed by atoms with van der Waals surface area (Å²) in [6.45, 7) is 0.330. The number of ether oxygens (including phenoxy) is 1. The summed E-state index contributed by atoms with van der Waals surface area (Å²) < 4.78 is 32.2. The number of thiophene rings is 1. The van der Waals surface area contributed by atoms with Crippen LogP contribution in [0.3, 0.4) is 0 Å². The van der Waals surface area contributed by atoms with Crippen LogP contribution < -0.4 is 5.32 Å². The molecule has 1 N–H and O–H groups in total. The van der Waals surface area contributed by atoms with Crippen LogP contribution >= 0.6 is 11.3 Å². The molecule has 3 rings (SSSR count). The molecular weight excluding hydrogens is 376 g/mol. The van der Waals surface area contributed by atoms with Gasteiger partial charge < -0.3 is 10.1 Å². The maximum atomic E-state index is 12.9. The largest absolute Gasteiger partial charge is 0.468 e. The lowest BCUT2D eigenvalue weighted by Crippen LogP contribution is -2.44. The molecule has 0 unspecified atom stereocenters. The predicted octanol–water partition coefficient (Wildman–Crippen LogP) is 1.61. The minimum absolute atomic E-state index is 0.160. The highest BCUT2D eigenvalue weighted by molar-refractivity contribution is 7.91. The third-order valence-corrected chi connectivity index (χ3v) is 8.69. The fraction of sp³-hybridized carbons (Fsp3) is 0.647. The van der Waals surface area contributed by atoms with Crippen LogP contribution in [-0.4, -0.2) is 51.3 Å². The Labute approximate surface area is 157 Å². The molecule has 1 aliphatic carbocycles. The average molecular weight is 401 g/mol. The maximum absolute atomic E-state index is 12.9. The van der Waals surface area contributed by atoms with E-state index in [-0.39, 0.29) is 24.4 Å². The summed E-state index contributed by atoms with van der Waals surface area (Å²) in [7, 11) is -2.33. The second-order valence-electron chi connectivity index (χ2n) is 7.00. The van der Waals surface area contributed by atoms with Gasteiger partial charge in [-0.25, -0.2) is 8.42 Å². The van der Waals surface area contributed by atoms with Crippen molar-refractivity contribution < 1.29 is 22.7 Å². The molecule has 2 heterocycles. The van der Waals surface area contributed by atoms with E-state index >= 15 is 0 Å². The molecule has 0 bridgehead atoms. The average Bonchev–Trinajstić information content (AvgIpc) is 3.29. The maximum Gasteiger partial charge on any atom is 0.325 e. The minimum Gasteiger partial charge on any atom is -0.468 e. The van der Waals surface area contributed by atoms with Crippen LogP contribution in [0.4, 0.5) is 0 Å². The first-order valence-corrected chi connectivity index (χ1v) is 11.1. The van der Waals surface area contributed by atoms with Crippen molar-refractivity contribution >= 4 is 33.2 Å². The first kappa shape index (κ1) is 19.3. The molecule has 1 atom stereocenters. The number of nitrogens with zero attached hydrogens (tertiary/aromatic N) is 1. The van der Waals surface area contributed by atoms with E-state index in [0.29, 0.717) is 10.8 Å². The summed E-state index contributed by atoms with van der Waals surface area (Å²) in [5.74, 6) is -1.22. The number of hydrogen-bond donors (Lipinski definition) is 1. The van der Waals surface area contributed by atoms with Crippen molar-refractivity contribution in [2.75, 3.05) is 26.7 Å². The first-order chi connectivity index (χ1) is 12.4. The molecule has 7 nitrogen and oxygen atoms in total. The van der Waals surface area contributed by atoms with Crippen LogP contribution in [0.15, 0.2) is 21.7 Å². The van der Waals surface area contributed by atoms with Crippen molar-refractivity contribution in [3.8, 4) is 0 Å². The number of methoxy groups -OCH3 is 1. The van der Waals surface area contributed by atoms with Crippen LogP contribution in [-0.2, 0) is 24.3 Å². The molecule has 26 heavy (non-hydrogen) atoms. The highest BCUT2D eigenvalue weighted by atomic mass is 32.2. The quantitative estimate of drug-likeness (QED) is 0.758. The van der Waals surface area contributed by atoms with Crippen LogP contribution in [0.1, 0.15) is 32.1 Å². The van der Waals surface area contributed by atoms with Crippen LogP contribution in [0.5, 0.6) is 0 Å². The van der Waals surface area contributed by atoms with Crippen LogP contribution in [0.2, 0.25) is 0 Å². The number of amides is 1. The number of carbonyl (C=O) groups is 2. The van der Waals surface area contributed by atoms with Gasteiger partial charge in [0.2, 0.25) is 5.91 Å². The van der Waals surface area contributed by atoms with Gasteiger partial charge in [0.05, 0.1) is 13.0 Å². The zero-order valence-corrected chi connectivity index (χ0v) is 16.4. The Morgan fingerprint density at radius 2 is 2.08 bits per heavy atom. The molecule has 1 saturated heterocycles. The van der Waals surface area contributed by atoms with Gasteiger partial charge in [0.1, 0.15) is 10.8 Å². The van der Waals surface area contributed by atoms with Crippen molar-refractivity contribution in [1.82, 2.24) is 9.62 Å². The van der Waals surface area contributed by atoms with Gasteiger partial charge in [0.25, 0.3) is 10.0 Å². The van der Waals surface area contributed by atoms with Gasteiger partial charge in [-0.3, -0.25) is 9.59 Å². The molecule has 144 valence electrons. The zero-order valence-electron chi connectivity index (χ0n) is 14.8. The van der Waals surface area contributed by atoms with E-state index in [1.807, 2.05) is 0 Å². The molecule has 1 aromatic heterocycles. The van der Waals surface area contributed by atoms with E-state index in [4.69, 9.17) is 0 Å². The summed E-state index contributed by atoms with van der Waals surface area (Å²) in [4.78, 5) is 24.1. The fourth-order valence-corrected chi connectivity index (χ4v) is 6.82. The summed E-state index contributed by atoms with van der Waals surface area (Å²) in [5, 5.41) is 4.36. The highest BCUT2D eigenvalue weighted by Crippen LogP contribution is 2.49. The second-order valence-corrected chi connectivity index (χ2v) is 10.1. The number of hydrogen-bond acceptors (Lipinski definition) is 6. The smallest absolute Gasteiger partial charge is 0.325 e. The standard InChI is InChI=1S/C17H24N2O5S2/c1-24-14(20)10-18-16(21)13-11-19(12-17(13)7-3-2-4-8-17)26(22,23)15-6-5-9-25-15/h5-6,9,13H,2-4,7-8,10-12H2,1H3,(H,18,21)/t13-/m1/s1. The summed E-state index contributed by atoms with van der Waals surface area (Å²) in [5.41, 5.74) is -0.344. The van der Waals surface area contributed by atoms with E-state index in [2.05, 4.69) is 10.1 Å². The van der Waals surface area contributed by atoms with Crippen molar-refractivity contribution in [2.45, 2.75) is 36.3 Å². The molecule has 2 aliphatic rings. The normalized spacial score (nSPS) is 23.0. The third kappa shape index (κ3) is 3.65. The van der Waals surface area contributed by atoms with Gasteiger partial charge >= 0.3 is 5.97 Å². The van der Waals surface area contributed by atoms with Gasteiger partial charge in [0.15, 0.2) is 0 Å². The minimum atomic E-state index is -3.59. The van der Waals surface area contributed by atoms with Gasteiger partial charge in [-0.2, -0.15) is 4.31 Å². The van der Waals surface area contributed by atoms with E-state index < -0.39 is 21.9 Å². The number of sulfonamides is 1. The number of rotatable bonds is 5. The molecule has 9 heteroatoms. The molecule has 0 radical (unpaired) electrons. The molecule has 1 spiro atoms. The Morgan fingerprint density at radius 3 is 2.69 bits per heavy atom. The van der Waals surface area contributed by atoms with Gasteiger partial charge in [0, 0.05) is 13.1 Å². The lowest BCUT2D eigenvalue weighted by molar-refractivity contribution is -0.142. The van der Waals surface area contributed by atoms with E-state index in [1.54, 1.807) is 17.5 Å². The summed E-state index contributed by atoms with van der Waals surface area (Å²) in [6.07, 6.45) is 4.76. The van der Waals surface area contributed by atoms with E-state index in [9.17, 15) is 18.0 Å². The van der Waals surface area contributed by atoms with E-state index in [1.165, 1.54) is 22.8 Å². The lowest BCUT2D eigenvalue weighted by Gasteiger charge is -2.37. The number of nitrogens with one attached hydrogen (secondary N) is 1. The molecule has 1 amide bonds. The van der Waals surface area contributed by atoms with Gasteiger partial charge in [-0.1, -0.05) is 25.3 Å². The Kier molecular flexibility index (Phi) is 5.69. The molecule has 1 saturated carbocycles. The topological polar surface area (TPSA) is 92.8 Å². The highest BCUT2D eigenvalue weighted by Gasteiger charge is 2.53. The summed E-state index contributed by atoms with van der Waals surface area (Å²) in [6, 6.07) is 3.31. The molecule has 1 aliphatic heterocycles. The molecule has 1 aromatic rings. The van der Waals surface area contributed by atoms with Crippen molar-refractivity contribution in [2.24, 2.45) is 11.3 Å². The predicted molar refractivity (Wildman–Crippen MR) is 97.1 cm³/mol. The third-order valence-electron chi connectivity index (χ3n) is 5.51. The molecule has 2 fully saturated rings. The monoisotopic (exact) mass is 400 g/mol. The van der Waals surface area contributed by atoms with Gasteiger partial charge in [-0.05, 0) is 29.7 Å². The Morgan fingerprint density at radius 1 is 1.35 bits per heavy atom. The Hall–Kier alpha value is -1.45. The van der Waals surface area contributed by atoms with Crippen molar-refractivity contribution in [3.63, 3.8) is 0 Å². The van der Waals surface area contributed by atoms with E-state index in [0.717, 1.165) is 32.1 Å². The number of carbonyl (C=O) groups excluding carboxylic acids is 2. The Bertz CT molecular complexity index is 754. The first-order valence-electron chi connectivity index (χ1n) is 8.77. The molecule has 0 aromatic carbocycles. The van der Waals surface area contributed by atoms with Gasteiger partial charge in [-0.15, -0.1) is 11.3 Å². The molecular formula is C17H24N2O5S2. The lowest BCUT2D eigenvalue weighted by atomic mass is 9.67. The zero-order chi connectivity index (χ0) is 18.8. The Balaban J connectivity index is 1.82. The fourth-order valence-electron chi connectivity index (χ4n) is 4.12. The SMILES string of the molecule is COC(=O)CNC(=O)[C@H]1CN(S(=O)(=O)c2cccs2)CC12CCCCC2.